The molecule has 2 aromatic carbocycles. The lowest BCUT2D eigenvalue weighted by Gasteiger charge is -2.09. The number of hydrogen-bond acceptors (Lipinski definition) is 1. The van der Waals surface area contributed by atoms with Crippen LogP contribution in [0.15, 0.2) is 36.4 Å². The Labute approximate surface area is 109 Å². The topological polar surface area (TPSA) is 26.0 Å². The molecule has 0 bridgehead atoms. The van der Waals surface area contributed by atoms with Crippen molar-refractivity contribution < 1.29 is 0 Å². The molecule has 0 saturated carbocycles. The van der Waals surface area contributed by atoms with Crippen molar-refractivity contribution >= 4 is 40.5 Å². The Balaban J connectivity index is 2.68. The van der Waals surface area contributed by atoms with Gasteiger partial charge in [0, 0.05) is 16.3 Å². The molecule has 0 aliphatic rings. The molecule has 0 spiro atoms. The molecular weight excluding hydrogens is 264 g/mol. The third-order valence-corrected chi connectivity index (χ3v) is 3.34. The van der Waals surface area contributed by atoms with Crippen molar-refractivity contribution in [1.82, 2.24) is 0 Å². The molecule has 0 aromatic heterocycles. The molecule has 0 heterocycles. The third-order valence-electron chi connectivity index (χ3n) is 2.22. The molecule has 4 heteroatoms. The fourth-order valence-corrected chi connectivity index (χ4v) is 2.23. The second-order valence-corrected chi connectivity index (χ2v) is 4.54. The average Bonchev–Trinajstić information content (AvgIpc) is 2.24. The summed E-state index contributed by atoms with van der Waals surface area (Å²) in [5.74, 6) is 0. The minimum absolute atomic E-state index is 0.444. The molecule has 2 rings (SSSR count). The van der Waals surface area contributed by atoms with E-state index < -0.39 is 0 Å². The molecule has 0 unspecified atom stereocenters. The second kappa shape index (κ2) is 4.54. The van der Waals surface area contributed by atoms with E-state index in [1.54, 1.807) is 18.2 Å². The summed E-state index contributed by atoms with van der Waals surface area (Å²) >= 11 is 18.2. The van der Waals surface area contributed by atoms with E-state index in [4.69, 9.17) is 40.5 Å². The van der Waals surface area contributed by atoms with Crippen LogP contribution in [0.2, 0.25) is 15.1 Å². The molecule has 0 aliphatic heterocycles. The first-order chi connectivity index (χ1) is 7.59. The Bertz CT molecular complexity index is 538. The predicted octanol–water partition coefficient (Wildman–Crippen LogP) is 4.90. The summed E-state index contributed by atoms with van der Waals surface area (Å²) in [6.07, 6.45) is 0. The van der Waals surface area contributed by atoms with Crippen molar-refractivity contribution in [3.63, 3.8) is 0 Å². The Morgan fingerprint density at radius 1 is 0.875 bits per heavy atom. The number of anilines is 1. The molecule has 0 radical (unpaired) electrons. The average molecular weight is 273 g/mol. The first-order valence-corrected chi connectivity index (χ1v) is 5.72. The normalized spacial score (nSPS) is 10.4. The zero-order valence-electron chi connectivity index (χ0n) is 8.18. The minimum Gasteiger partial charge on any atom is -0.399 e. The van der Waals surface area contributed by atoms with Crippen LogP contribution in [0.1, 0.15) is 0 Å². The van der Waals surface area contributed by atoms with Gasteiger partial charge in [-0.25, -0.2) is 0 Å². The van der Waals surface area contributed by atoms with E-state index in [2.05, 4.69) is 0 Å². The highest BCUT2D eigenvalue weighted by atomic mass is 35.5. The molecule has 2 aromatic rings. The van der Waals surface area contributed by atoms with Crippen molar-refractivity contribution in [3.05, 3.63) is 51.5 Å². The smallest absolute Gasteiger partial charge is 0.0685 e. The van der Waals surface area contributed by atoms with Gasteiger partial charge < -0.3 is 5.73 Å². The van der Waals surface area contributed by atoms with Crippen LogP contribution in [0.25, 0.3) is 11.1 Å². The number of rotatable bonds is 1. The largest absolute Gasteiger partial charge is 0.399 e. The van der Waals surface area contributed by atoms with Crippen LogP contribution in [0.4, 0.5) is 5.69 Å². The van der Waals surface area contributed by atoms with Gasteiger partial charge in [-0.3, -0.25) is 0 Å². The summed E-state index contributed by atoms with van der Waals surface area (Å²) in [7, 11) is 0. The molecule has 0 atom stereocenters. The van der Waals surface area contributed by atoms with Gasteiger partial charge in [-0.2, -0.15) is 0 Å². The maximum absolute atomic E-state index is 6.13. The molecule has 0 aliphatic carbocycles. The fraction of sp³-hybridized carbons (Fsp3) is 0. The number of benzene rings is 2. The van der Waals surface area contributed by atoms with E-state index in [0.29, 0.717) is 26.3 Å². The van der Waals surface area contributed by atoms with Gasteiger partial charge in [0.25, 0.3) is 0 Å². The van der Waals surface area contributed by atoms with E-state index in [1.807, 2.05) is 18.2 Å². The van der Waals surface area contributed by atoms with Gasteiger partial charge in [-0.15, -0.1) is 0 Å². The van der Waals surface area contributed by atoms with Crippen molar-refractivity contribution in [1.29, 1.82) is 0 Å². The highest BCUT2D eigenvalue weighted by Crippen LogP contribution is 2.39. The van der Waals surface area contributed by atoms with Crippen LogP contribution in [0.3, 0.4) is 0 Å². The number of halogens is 3. The molecule has 82 valence electrons. The summed E-state index contributed by atoms with van der Waals surface area (Å²) in [5.41, 5.74) is 7.94. The molecular formula is C12H8Cl3N. The SMILES string of the molecule is Nc1cccc(-c2c(Cl)ccc(Cl)c2Cl)c1. The monoisotopic (exact) mass is 271 g/mol. The fourth-order valence-electron chi connectivity index (χ4n) is 1.49. The minimum atomic E-state index is 0.444. The Hall–Kier alpha value is -0.890. The lowest BCUT2D eigenvalue weighted by molar-refractivity contribution is 1.61. The van der Waals surface area contributed by atoms with Crippen molar-refractivity contribution in [2.24, 2.45) is 0 Å². The summed E-state index contributed by atoms with van der Waals surface area (Å²) in [6, 6.07) is 10.7. The predicted molar refractivity (Wildman–Crippen MR) is 71.3 cm³/mol. The number of nitrogen functional groups attached to an aromatic ring is 1. The molecule has 0 saturated heterocycles. The molecule has 0 fully saturated rings. The number of hydrogen-bond donors (Lipinski definition) is 1. The zero-order chi connectivity index (χ0) is 11.7. The molecule has 2 N–H and O–H groups in total. The molecule has 1 nitrogen and oxygen atoms in total. The van der Waals surface area contributed by atoms with Crippen LogP contribution in [0.5, 0.6) is 0 Å². The molecule has 16 heavy (non-hydrogen) atoms. The van der Waals surface area contributed by atoms with Crippen molar-refractivity contribution in [2.75, 3.05) is 5.73 Å². The molecule has 0 amide bonds. The van der Waals surface area contributed by atoms with E-state index in [0.717, 1.165) is 5.56 Å². The van der Waals surface area contributed by atoms with Gasteiger partial charge in [0.15, 0.2) is 0 Å². The lowest BCUT2D eigenvalue weighted by Crippen LogP contribution is -1.87. The maximum Gasteiger partial charge on any atom is 0.0685 e. The highest BCUT2D eigenvalue weighted by molar-refractivity contribution is 6.46. The van der Waals surface area contributed by atoms with Crippen LogP contribution in [-0.2, 0) is 0 Å². The summed E-state index contributed by atoms with van der Waals surface area (Å²) in [6.45, 7) is 0. The quantitative estimate of drug-likeness (QED) is 0.580. The standard InChI is InChI=1S/C12H8Cl3N/c13-9-4-5-10(14)12(15)11(9)7-2-1-3-8(16)6-7/h1-6H,16H2. The van der Waals surface area contributed by atoms with E-state index >= 15 is 0 Å². The van der Waals surface area contributed by atoms with E-state index in [-0.39, 0.29) is 0 Å². The first-order valence-electron chi connectivity index (χ1n) is 4.59. The second-order valence-electron chi connectivity index (χ2n) is 3.34. The zero-order valence-corrected chi connectivity index (χ0v) is 10.4. The Morgan fingerprint density at radius 3 is 2.25 bits per heavy atom. The van der Waals surface area contributed by atoms with E-state index in [1.165, 1.54) is 0 Å². The first kappa shape index (κ1) is 11.6. The van der Waals surface area contributed by atoms with Crippen LogP contribution in [0, 0.1) is 0 Å². The van der Waals surface area contributed by atoms with Crippen LogP contribution in [-0.4, -0.2) is 0 Å². The summed E-state index contributed by atoms with van der Waals surface area (Å²) in [5, 5.41) is 1.48. The van der Waals surface area contributed by atoms with Gasteiger partial charge in [-0.1, -0.05) is 46.9 Å². The van der Waals surface area contributed by atoms with Gasteiger partial charge >= 0.3 is 0 Å². The van der Waals surface area contributed by atoms with Gasteiger partial charge in [0.1, 0.15) is 0 Å². The van der Waals surface area contributed by atoms with Crippen LogP contribution < -0.4 is 5.73 Å². The van der Waals surface area contributed by atoms with Gasteiger partial charge in [0.05, 0.1) is 10.0 Å². The Kier molecular flexibility index (Phi) is 3.29. The van der Waals surface area contributed by atoms with Crippen LogP contribution >= 0.6 is 34.8 Å². The van der Waals surface area contributed by atoms with Crippen molar-refractivity contribution in [2.45, 2.75) is 0 Å². The highest BCUT2D eigenvalue weighted by Gasteiger charge is 2.11. The summed E-state index contributed by atoms with van der Waals surface area (Å²) < 4.78 is 0. The van der Waals surface area contributed by atoms with E-state index in [9.17, 15) is 0 Å². The lowest BCUT2D eigenvalue weighted by atomic mass is 10.1. The third kappa shape index (κ3) is 2.12. The Morgan fingerprint density at radius 2 is 1.56 bits per heavy atom. The van der Waals surface area contributed by atoms with Crippen molar-refractivity contribution in [3.8, 4) is 11.1 Å². The van der Waals surface area contributed by atoms with Gasteiger partial charge in [-0.05, 0) is 29.8 Å². The maximum atomic E-state index is 6.13. The van der Waals surface area contributed by atoms with Gasteiger partial charge in [0.2, 0.25) is 0 Å². The number of nitrogens with two attached hydrogens (primary N) is 1. The summed E-state index contributed by atoms with van der Waals surface area (Å²) in [4.78, 5) is 0.